The number of nitrogens with zero attached hydrogens (tertiary/aromatic N) is 5. The molecule has 1 fully saturated rings. The maximum absolute atomic E-state index is 9.13. The van der Waals surface area contributed by atoms with Crippen LogP contribution in [0.5, 0.6) is 0 Å². The predicted molar refractivity (Wildman–Crippen MR) is 84.9 cm³/mol. The van der Waals surface area contributed by atoms with Gasteiger partial charge in [-0.05, 0) is 25.0 Å². The minimum atomic E-state index is 0.421. The lowest BCUT2D eigenvalue weighted by molar-refractivity contribution is 0.726. The van der Waals surface area contributed by atoms with E-state index in [1.54, 1.807) is 12.3 Å². The van der Waals surface area contributed by atoms with Crippen LogP contribution in [-0.4, -0.2) is 28.3 Å². The average molecular weight is 294 g/mol. The largest absolute Gasteiger partial charge is 0.355 e. The molecule has 1 aromatic carbocycles. The number of nitrogens with one attached hydrogen (secondary N) is 1. The van der Waals surface area contributed by atoms with Crippen molar-refractivity contribution in [3.05, 3.63) is 36.0 Å². The van der Waals surface area contributed by atoms with Crippen LogP contribution in [0, 0.1) is 11.3 Å². The number of rotatable bonds is 3. The first-order valence-corrected chi connectivity index (χ1v) is 7.57. The van der Waals surface area contributed by atoms with Gasteiger partial charge < -0.3 is 10.2 Å². The van der Waals surface area contributed by atoms with Crippen LogP contribution in [0.25, 0.3) is 0 Å². The number of hydrogen-bond acceptors (Lipinski definition) is 6. The van der Waals surface area contributed by atoms with Crippen LogP contribution in [0.3, 0.4) is 0 Å². The van der Waals surface area contributed by atoms with Crippen molar-refractivity contribution in [1.82, 2.24) is 15.2 Å². The number of hydrogen-bond donors (Lipinski definition) is 1. The summed E-state index contributed by atoms with van der Waals surface area (Å²) in [6.45, 7) is 2.01. The van der Waals surface area contributed by atoms with E-state index in [1.165, 1.54) is 25.7 Å². The van der Waals surface area contributed by atoms with Crippen molar-refractivity contribution >= 4 is 17.5 Å². The van der Waals surface area contributed by atoms with E-state index in [4.69, 9.17) is 5.26 Å². The summed E-state index contributed by atoms with van der Waals surface area (Å²) < 4.78 is 0. The summed E-state index contributed by atoms with van der Waals surface area (Å²) in [6.07, 6.45) is 6.62. The summed E-state index contributed by atoms with van der Waals surface area (Å²) in [5.74, 6) is 1.26. The molecule has 0 bridgehead atoms. The van der Waals surface area contributed by atoms with Crippen molar-refractivity contribution in [2.75, 3.05) is 23.3 Å². The molecule has 6 heteroatoms. The van der Waals surface area contributed by atoms with Crippen LogP contribution in [0.4, 0.5) is 17.5 Å². The first-order valence-electron chi connectivity index (χ1n) is 7.57. The van der Waals surface area contributed by atoms with Crippen LogP contribution in [0.15, 0.2) is 30.5 Å². The molecule has 0 saturated carbocycles. The minimum absolute atomic E-state index is 0.421. The molecular weight excluding hydrogens is 276 g/mol. The first kappa shape index (κ1) is 14.3. The molecule has 2 aromatic rings. The normalized spacial score (nSPS) is 15.0. The quantitative estimate of drug-likeness (QED) is 0.938. The smallest absolute Gasteiger partial charge is 0.249 e. The monoisotopic (exact) mass is 294 g/mol. The zero-order chi connectivity index (χ0) is 15.2. The summed E-state index contributed by atoms with van der Waals surface area (Å²) in [6, 6.07) is 9.45. The Morgan fingerprint density at radius 1 is 1.09 bits per heavy atom. The van der Waals surface area contributed by atoms with E-state index < -0.39 is 0 Å². The van der Waals surface area contributed by atoms with E-state index >= 15 is 0 Å². The summed E-state index contributed by atoms with van der Waals surface area (Å²) >= 11 is 0. The molecule has 0 unspecified atom stereocenters. The second-order valence-corrected chi connectivity index (χ2v) is 5.32. The highest BCUT2D eigenvalue weighted by molar-refractivity contribution is 5.63. The summed E-state index contributed by atoms with van der Waals surface area (Å²) in [4.78, 5) is 6.79. The number of nitriles is 1. The third-order valence-electron chi connectivity index (χ3n) is 3.77. The molecule has 0 atom stereocenters. The van der Waals surface area contributed by atoms with Gasteiger partial charge in [-0.25, -0.2) is 0 Å². The van der Waals surface area contributed by atoms with Gasteiger partial charge in [0.1, 0.15) is 6.07 Å². The van der Waals surface area contributed by atoms with Gasteiger partial charge in [-0.15, -0.1) is 5.10 Å². The molecule has 112 valence electrons. The molecule has 1 aliphatic heterocycles. The Hall–Kier alpha value is -2.68. The highest BCUT2D eigenvalue weighted by atomic mass is 15.3. The molecule has 2 heterocycles. The van der Waals surface area contributed by atoms with E-state index in [1.807, 2.05) is 18.2 Å². The summed E-state index contributed by atoms with van der Waals surface area (Å²) in [5.41, 5.74) is 1.26. The zero-order valence-corrected chi connectivity index (χ0v) is 12.4. The molecule has 1 N–H and O–H groups in total. The Labute approximate surface area is 129 Å². The van der Waals surface area contributed by atoms with E-state index in [-0.39, 0.29) is 0 Å². The van der Waals surface area contributed by atoms with Gasteiger partial charge in [-0.1, -0.05) is 25.0 Å². The van der Waals surface area contributed by atoms with Gasteiger partial charge in [-0.2, -0.15) is 15.3 Å². The Kier molecular flexibility index (Phi) is 4.44. The molecule has 6 nitrogen and oxygen atoms in total. The third-order valence-corrected chi connectivity index (χ3v) is 3.77. The SMILES string of the molecule is N#Cc1ccccc1Nc1nncc(N2CCCCCC2)n1. The molecule has 0 spiro atoms. The van der Waals surface area contributed by atoms with Gasteiger partial charge in [0, 0.05) is 13.1 Å². The number of aromatic nitrogens is 3. The van der Waals surface area contributed by atoms with Gasteiger partial charge in [0.2, 0.25) is 5.95 Å². The Bertz CT molecular complexity index is 670. The number of para-hydroxylation sites is 1. The van der Waals surface area contributed by atoms with Crippen molar-refractivity contribution in [3.63, 3.8) is 0 Å². The van der Waals surface area contributed by atoms with E-state index in [0.29, 0.717) is 17.2 Å². The van der Waals surface area contributed by atoms with Crippen molar-refractivity contribution in [2.45, 2.75) is 25.7 Å². The highest BCUT2D eigenvalue weighted by Gasteiger charge is 2.13. The molecule has 1 aromatic heterocycles. The topological polar surface area (TPSA) is 77.7 Å². The lowest BCUT2D eigenvalue weighted by atomic mass is 10.2. The zero-order valence-electron chi connectivity index (χ0n) is 12.4. The molecule has 1 saturated heterocycles. The van der Waals surface area contributed by atoms with Gasteiger partial charge in [0.25, 0.3) is 0 Å². The van der Waals surface area contributed by atoms with E-state index in [0.717, 1.165) is 18.9 Å². The average Bonchev–Trinajstić information content (AvgIpc) is 2.85. The maximum Gasteiger partial charge on any atom is 0.249 e. The Morgan fingerprint density at radius 3 is 2.64 bits per heavy atom. The number of benzene rings is 1. The highest BCUT2D eigenvalue weighted by Crippen LogP contribution is 2.20. The van der Waals surface area contributed by atoms with E-state index in [2.05, 4.69) is 31.5 Å². The van der Waals surface area contributed by atoms with Crippen LogP contribution < -0.4 is 10.2 Å². The maximum atomic E-state index is 9.13. The van der Waals surface area contributed by atoms with Gasteiger partial charge in [0.15, 0.2) is 5.82 Å². The molecule has 0 aliphatic carbocycles. The second kappa shape index (κ2) is 6.85. The van der Waals surface area contributed by atoms with Crippen LogP contribution in [0.2, 0.25) is 0 Å². The van der Waals surface area contributed by atoms with Crippen LogP contribution in [-0.2, 0) is 0 Å². The van der Waals surface area contributed by atoms with Crippen LogP contribution in [0.1, 0.15) is 31.2 Å². The summed E-state index contributed by atoms with van der Waals surface area (Å²) in [5, 5.41) is 20.3. The lowest BCUT2D eigenvalue weighted by Gasteiger charge is -2.21. The second-order valence-electron chi connectivity index (χ2n) is 5.32. The fraction of sp³-hybridized carbons (Fsp3) is 0.375. The fourth-order valence-electron chi connectivity index (χ4n) is 2.61. The van der Waals surface area contributed by atoms with E-state index in [9.17, 15) is 0 Å². The predicted octanol–water partition coefficient (Wildman–Crippen LogP) is 2.87. The molecule has 0 radical (unpaired) electrons. The molecule has 0 amide bonds. The van der Waals surface area contributed by atoms with Crippen molar-refractivity contribution in [2.24, 2.45) is 0 Å². The van der Waals surface area contributed by atoms with Gasteiger partial charge in [0.05, 0.1) is 17.4 Å². The van der Waals surface area contributed by atoms with Crippen molar-refractivity contribution in [3.8, 4) is 6.07 Å². The summed E-state index contributed by atoms with van der Waals surface area (Å²) in [7, 11) is 0. The molecular formula is C16H18N6. The molecule has 3 rings (SSSR count). The minimum Gasteiger partial charge on any atom is -0.355 e. The van der Waals surface area contributed by atoms with Gasteiger partial charge in [-0.3, -0.25) is 0 Å². The third kappa shape index (κ3) is 3.31. The molecule has 1 aliphatic rings. The first-order chi connectivity index (χ1) is 10.9. The van der Waals surface area contributed by atoms with Crippen molar-refractivity contribution < 1.29 is 0 Å². The van der Waals surface area contributed by atoms with Crippen molar-refractivity contribution in [1.29, 1.82) is 5.26 Å². The van der Waals surface area contributed by atoms with Crippen LogP contribution >= 0.6 is 0 Å². The Morgan fingerprint density at radius 2 is 1.86 bits per heavy atom. The van der Waals surface area contributed by atoms with Gasteiger partial charge >= 0.3 is 0 Å². The lowest BCUT2D eigenvalue weighted by Crippen LogP contribution is -2.25. The molecule has 22 heavy (non-hydrogen) atoms. The number of anilines is 3. The Balaban J connectivity index is 1.80. The fourth-order valence-corrected chi connectivity index (χ4v) is 2.61. The standard InChI is InChI=1S/C16H18N6/c17-11-13-7-3-4-8-14(13)19-16-20-15(12-18-21-16)22-9-5-1-2-6-10-22/h3-4,7-8,12H,1-2,5-6,9-10H2,(H,19,20,21).